The maximum absolute atomic E-state index is 4.03. The van der Waals surface area contributed by atoms with Crippen molar-refractivity contribution in [3.63, 3.8) is 0 Å². The minimum absolute atomic E-state index is 0.913. The average Bonchev–Trinajstić information content (AvgIpc) is 2.36. The van der Waals surface area contributed by atoms with Crippen LogP contribution in [-0.2, 0) is 6.42 Å². The predicted octanol–water partition coefficient (Wildman–Crippen LogP) is 3.04. The van der Waals surface area contributed by atoms with Crippen molar-refractivity contribution in [3.8, 4) is 0 Å². The molecule has 1 N–H and O–H groups in total. The van der Waals surface area contributed by atoms with Gasteiger partial charge in [-0.05, 0) is 61.9 Å². The molecule has 94 valence electrons. The Balaban J connectivity index is 1.60. The van der Waals surface area contributed by atoms with E-state index in [-0.39, 0.29) is 0 Å². The van der Waals surface area contributed by atoms with Gasteiger partial charge in [0.05, 0.1) is 0 Å². The van der Waals surface area contributed by atoms with Crippen LogP contribution in [0.4, 0.5) is 0 Å². The Labute approximate surface area is 105 Å². The van der Waals surface area contributed by atoms with Crippen molar-refractivity contribution >= 4 is 0 Å². The molecule has 1 aliphatic rings. The molecule has 2 unspecified atom stereocenters. The summed E-state index contributed by atoms with van der Waals surface area (Å²) in [5, 5.41) is 3.60. The van der Waals surface area contributed by atoms with Crippen LogP contribution in [0, 0.1) is 11.8 Å². The third-order valence-electron chi connectivity index (χ3n) is 3.82. The molecule has 1 aliphatic carbocycles. The monoisotopic (exact) mass is 232 g/mol. The van der Waals surface area contributed by atoms with Crippen LogP contribution < -0.4 is 5.32 Å². The van der Waals surface area contributed by atoms with Crippen molar-refractivity contribution in [1.29, 1.82) is 0 Å². The van der Waals surface area contributed by atoms with E-state index in [1.807, 2.05) is 12.4 Å². The van der Waals surface area contributed by atoms with Crippen molar-refractivity contribution in [1.82, 2.24) is 10.3 Å². The Morgan fingerprint density at radius 2 is 2.12 bits per heavy atom. The predicted molar refractivity (Wildman–Crippen MR) is 71.9 cm³/mol. The van der Waals surface area contributed by atoms with Crippen LogP contribution in [0.2, 0.25) is 0 Å². The Morgan fingerprint density at radius 3 is 2.88 bits per heavy atom. The minimum Gasteiger partial charge on any atom is -0.316 e. The first-order valence-electron chi connectivity index (χ1n) is 6.94. The fraction of sp³-hybridized carbons (Fsp3) is 0.667. The van der Waals surface area contributed by atoms with E-state index < -0.39 is 0 Å². The first kappa shape index (κ1) is 12.6. The lowest BCUT2D eigenvalue weighted by molar-refractivity contribution is 0.275. The summed E-state index contributed by atoms with van der Waals surface area (Å²) in [4.78, 5) is 4.03. The van der Waals surface area contributed by atoms with Crippen LogP contribution in [0.3, 0.4) is 0 Å². The van der Waals surface area contributed by atoms with E-state index in [4.69, 9.17) is 0 Å². The van der Waals surface area contributed by atoms with E-state index in [1.54, 1.807) is 0 Å². The molecule has 1 aromatic rings. The molecule has 2 rings (SSSR count). The molecule has 0 aromatic carbocycles. The quantitative estimate of drug-likeness (QED) is 0.789. The van der Waals surface area contributed by atoms with Crippen LogP contribution in [0.1, 0.15) is 38.2 Å². The number of hydrogen-bond donors (Lipinski definition) is 1. The molecule has 17 heavy (non-hydrogen) atoms. The molecule has 1 aromatic heterocycles. The summed E-state index contributed by atoms with van der Waals surface area (Å²) >= 11 is 0. The lowest BCUT2D eigenvalue weighted by Gasteiger charge is -2.26. The van der Waals surface area contributed by atoms with Gasteiger partial charge in [-0.2, -0.15) is 0 Å². The number of hydrogen-bond acceptors (Lipinski definition) is 2. The molecular weight excluding hydrogens is 208 g/mol. The Hall–Kier alpha value is -0.890. The van der Waals surface area contributed by atoms with Crippen molar-refractivity contribution < 1.29 is 0 Å². The Bertz CT molecular complexity index is 310. The lowest BCUT2D eigenvalue weighted by Crippen LogP contribution is -2.28. The summed E-state index contributed by atoms with van der Waals surface area (Å²) in [5.74, 6) is 1.85. The fourth-order valence-corrected chi connectivity index (χ4v) is 2.83. The van der Waals surface area contributed by atoms with Crippen molar-refractivity contribution in [2.45, 2.75) is 39.0 Å². The number of aromatic nitrogens is 1. The van der Waals surface area contributed by atoms with Gasteiger partial charge in [0.1, 0.15) is 0 Å². The lowest BCUT2D eigenvalue weighted by atomic mass is 9.82. The van der Waals surface area contributed by atoms with Gasteiger partial charge in [-0.3, -0.25) is 4.98 Å². The highest BCUT2D eigenvalue weighted by molar-refractivity contribution is 5.09. The summed E-state index contributed by atoms with van der Waals surface area (Å²) in [6, 6.07) is 4.20. The normalized spacial score (nSPS) is 24.8. The van der Waals surface area contributed by atoms with Gasteiger partial charge in [-0.15, -0.1) is 0 Å². The van der Waals surface area contributed by atoms with E-state index in [0.717, 1.165) is 24.8 Å². The Morgan fingerprint density at radius 1 is 1.29 bits per heavy atom. The van der Waals surface area contributed by atoms with E-state index in [0.29, 0.717) is 0 Å². The van der Waals surface area contributed by atoms with Gasteiger partial charge in [0.2, 0.25) is 0 Å². The summed E-state index contributed by atoms with van der Waals surface area (Å²) in [5.41, 5.74) is 1.38. The number of nitrogens with one attached hydrogen (secondary N) is 1. The average molecular weight is 232 g/mol. The molecule has 2 atom stereocenters. The first-order chi connectivity index (χ1) is 8.34. The number of pyridine rings is 1. The second-order valence-corrected chi connectivity index (χ2v) is 5.45. The van der Waals surface area contributed by atoms with Crippen LogP contribution in [-0.4, -0.2) is 18.1 Å². The zero-order chi connectivity index (χ0) is 11.9. The standard InChI is InChI=1S/C15H24N2/c1-13-3-2-4-15(11-13)12-17-10-7-14-5-8-16-9-6-14/h5-6,8-9,13,15,17H,2-4,7,10-12H2,1H3. The van der Waals surface area contributed by atoms with Gasteiger partial charge in [0, 0.05) is 12.4 Å². The number of nitrogens with zero attached hydrogens (tertiary/aromatic N) is 1. The molecule has 0 bridgehead atoms. The molecule has 1 saturated carbocycles. The SMILES string of the molecule is CC1CCCC(CNCCc2ccncc2)C1. The summed E-state index contributed by atoms with van der Waals surface area (Å²) in [6.45, 7) is 4.69. The van der Waals surface area contributed by atoms with Crippen molar-refractivity contribution in [2.75, 3.05) is 13.1 Å². The molecule has 2 nitrogen and oxygen atoms in total. The molecule has 1 fully saturated rings. The topological polar surface area (TPSA) is 24.9 Å². The van der Waals surface area contributed by atoms with Gasteiger partial charge in [0.25, 0.3) is 0 Å². The highest BCUT2D eigenvalue weighted by atomic mass is 14.9. The molecule has 0 spiro atoms. The number of rotatable bonds is 5. The van der Waals surface area contributed by atoms with Crippen LogP contribution >= 0.6 is 0 Å². The van der Waals surface area contributed by atoms with E-state index in [2.05, 4.69) is 29.4 Å². The largest absolute Gasteiger partial charge is 0.316 e. The fourth-order valence-electron chi connectivity index (χ4n) is 2.83. The highest BCUT2D eigenvalue weighted by Gasteiger charge is 2.17. The zero-order valence-electron chi connectivity index (χ0n) is 10.9. The Kier molecular flexibility index (Phi) is 4.99. The van der Waals surface area contributed by atoms with Crippen molar-refractivity contribution in [2.24, 2.45) is 11.8 Å². The second kappa shape index (κ2) is 6.75. The summed E-state index contributed by atoms with van der Waals surface area (Å²) in [6.07, 6.45) is 10.6. The molecular formula is C15H24N2. The van der Waals surface area contributed by atoms with Crippen LogP contribution in [0.5, 0.6) is 0 Å². The van der Waals surface area contributed by atoms with Gasteiger partial charge < -0.3 is 5.32 Å². The van der Waals surface area contributed by atoms with Crippen molar-refractivity contribution in [3.05, 3.63) is 30.1 Å². The van der Waals surface area contributed by atoms with E-state index in [9.17, 15) is 0 Å². The molecule has 0 aliphatic heterocycles. The van der Waals surface area contributed by atoms with Gasteiger partial charge in [-0.1, -0.05) is 19.8 Å². The zero-order valence-corrected chi connectivity index (χ0v) is 10.9. The van der Waals surface area contributed by atoms with Gasteiger partial charge in [0.15, 0.2) is 0 Å². The minimum atomic E-state index is 0.913. The van der Waals surface area contributed by atoms with Gasteiger partial charge in [-0.25, -0.2) is 0 Å². The van der Waals surface area contributed by atoms with Gasteiger partial charge >= 0.3 is 0 Å². The van der Waals surface area contributed by atoms with E-state index >= 15 is 0 Å². The summed E-state index contributed by atoms with van der Waals surface area (Å²) < 4.78 is 0. The molecule has 0 amide bonds. The maximum atomic E-state index is 4.03. The molecule has 2 heteroatoms. The molecule has 1 heterocycles. The van der Waals surface area contributed by atoms with E-state index in [1.165, 1.54) is 37.8 Å². The molecule has 0 radical (unpaired) electrons. The third-order valence-corrected chi connectivity index (χ3v) is 3.82. The first-order valence-corrected chi connectivity index (χ1v) is 6.94. The second-order valence-electron chi connectivity index (χ2n) is 5.45. The van der Waals surface area contributed by atoms with Crippen LogP contribution in [0.15, 0.2) is 24.5 Å². The molecule has 0 saturated heterocycles. The van der Waals surface area contributed by atoms with Crippen LogP contribution in [0.25, 0.3) is 0 Å². The smallest absolute Gasteiger partial charge is 0.0270 e. The summed E-state index contributed by atoms with van der Waals surface area (Å²) in [7, 11) is 0. The third kappa shape index (κ3) is 4.47. The maximum Gasteiger partial charge on any atom is 0.0270 e. The highest BCUT2D eigenvalue weighted by Crippen LogP contribution is 2.27.